The molecule has 0 spiro atoms. The lowest BCUT2D eigenvalue weighted by molar-refractivity contribution is -0.137. The number of alkyl halides is 4. The largest absolute Gasteiger partial charge is 0.416 e. The number of amides is 2. The van der Waals surface area contributed by atoms with Crippen LogP contribution in [0.3, 0.4) is 0 Å². The van der Waals surface area contributed by atoms with Crippen LogP contribution in [0.15, 0.2) is 78.9 Å². The Hall–Kier alpha value is -4.27. The number of aromatic nitrogens is 2. The number of halogens is 5. The van der Waals surface area contributed by atoms with Gasteiger partial charge in [0.15, 0.2) is 0 Å². The number of carbonyl (C=O) groups excluding carboxylic acids is 2. The molecule has 9 nitrogen and oxygen atoms in total. The topological polar surface area (TPSA) is 113 Å². The summed E-state index contributed by atoms with van der Waals surface area (Å²) in [7, 11) is -3.98. The molecule has 15 heteroatoms. The Balaban J connectivity index is 1.74. The second-order valence-corrected chi connectivity index (χ2v) is 12.9. The number of carbonyl (C=O) groups is 2. The van der Waals surface area contributed by atoms with Crippen molar-refractivity contribution in [1.82, 2.24) is 19.8 Å². The summed E-state index contributed by atoms with van der Waals surface area (Å²) < 4.78 is 83.5. The lowest BCUT2D eigenvalue weighted by Gasteiger charge is -2.39. The molecule has 0 fully saturated rings. The maximum Gasteiger partial charge on any atom is 0.416 e. The summed E-state index contributed by atoms with van der Waals surface area (Å²) in [5.41, 5.74) is 0.0461. The average Bonchev–Trinajstić information content (AvgIpc) is 3.42. The van der Waals surface area contributed by atoms with E-state index >= 15 is 0 Å². The van der Waals surface area contributed by atoms with Crippen LogP contribution in [-0.4, -0.2) is 47.8 Å². The first-order chi connectivity index (χ1) is 21.8. The highest BCUT2D eigenvalue weighted by molar-refractivity contribution is 7.90. The van der Waals surface area contributed by atoms with Gasteiger partial charge < -0.3 is 5.32 Å². The summed E-state index contributed by atoms with van der Waals surface area (Å²) in [5.74, 6) is -2.93. The Morgan fingerprint density at radius 2 is 1.72 bits per heavy atom. The molecular weight excluding hydrogens is 650 g/mol. The summed E-state index contributed by atoms with van der Waals surface area (Å²) >= 11 is 5.67. The zero-order valence-electron chi connectivity index (χ0n) is 24.4. The SMILES string of the molecule is CCN1C(=O)[C@@H](NC(=O)c2cccc(C(F)(F)F)c2)[C@@H](c2ccc(F)cc2)c2c([C@H](C)NS(=O)(=O)CCl)nn(-c3ccccc3)c21. The molecule has 0 saturated carbocycles. The molecule has 0 aliphatic carbocycles. The molecule has 3 atom stereocenters. The Morgan fingerprint density at radius 1 is 1.04 bits per heavy atom. The molecule has 0 bridgehead atoms. The molecule has 4 aromatic rings. The Bertz CT molecular complexity index is 1870. The second kappa shape index (κ2) is 12.9. The van der Waals surface area contributed by atoms with Crippen LogP contribution in [0.1, 0.15) is 58.5 Å². The summed E-state index contributed by atoms with van der Waals surface area (Å²) in [4.78, 5) is 29.2. The molecule has 1 aliphatic rings. The van der Waals surface area contributed by atoms with E-state index in [1.54, 1.807) is 37.3 Å². The van der Waals surface area contributed by atoms with Crippen LogP contribution in [0.4, 0.5) is 23.4 Å². The number of hydrogen-bond donors (Lipinski definition) is 2. The smallest absolute Gasteiger partial charge is 0.339 e. The van der Waals surface area contributed by atoms with E-state index in [1.807, 2.05) is 0 Å². The number of nitrogens with zero attached hydrogens (tertiary/aromatic N) is 3. The minimum Gasteiger partial charge on any atom is -0.339 e. The molecule has 1 aromatic heterocycles. The van der Waals surface area contributed by atoms with Gasteiger partial charge in [-0.25, -0.2) is 22.2 Å². The summed E-state index contributed by atoms with van der Waals surface area (Å²) in [6, 6.07) is 15.3. The van der Waals surface area contributed by atoms with Crippen molar-refractivity contribution in [3.63, 3.8) is 0 Å². The van der Waals surface area contributed by atoms with Gasteiger partial charge in [-0.3, -0.25) is 14.5 Å². The maximum absolute atomic E-state index is 14.3. The predicted octanol–water partition coefficient (Wildman–Crippen LogP) is 5.50. The highest BCUT2D eigenvalue weighted by Gasteiger charge is 2.47. The van der Waals surface area contributed by atoms with Gasteiger partial charge in [0.2, 0.25) is 10.0 Å². The van der Waals surface area contributed by atoms with Crippen LogP contribution in [0, 0.1) is 5.82 Å². The Kier molecular flexibility index (Phi) is 9.25. The second-order valence-electron chi connectivity index (χ2n) is 10.6. The van der Waals surface area contributed by atoms with Crippen molar-refractivity contribution in [1.29, 1.82) is 0 Å². The van der Waals surface area contributed by atoms with Crippen LogP contribution < -0.4 is 14.9 Å². The monoisotopic (exact) mass is 677 g/mol. The maximum atomic E-state index is 14.3. The van der Waals surface area contributed by atoms with E-state index in [0.29, 0.717) is 22.9 Å². The molecule has 2 heterocycles. The molecule has 2 N–H and O–H groups in total. The Labute approximate surface area is 267 Å². The number of anilines is 1. The third-order valence-electron chi connectivity index (χ3n) is 7.55. The number of hydrogen-bond acceptors (Lipinski definition) is 5. The van der Waals surface area contributed by atoms with Crippen molar-refractivity contribution in [2.45, 2.75) is 38.0 Å². The Morgan fingerprint density at radius 3 is 2.33 bits per heavy atom. The van der Waals surface area contributed by atoms with E-state index in [2.05, 4.69) is 10.0 Å². The number of benzene rings is 3. The normalized spacial score (nSPS) is 17.5. The van der Waals surface area contributed by atoms with Gasteiger partial charge in [0.25, 0.3) is 11.8 Å². The third kappa shape index (κ3) is 6.50. The van der Waals surface area contributed by atoms with Gasteiger partial charge >= 0.3 is 6.18 Å². The number of fused-ring (bicyclic) bond motifs is 1. The zero-order chi connectivity index (χ0) is 33.4. The molecule has 2 amide bonds. The van der Waals surface area contributed by atoms with Gasteiger partial charge in [-0.15, -0.1) is 11.6 Å². The van der Waals surface area contributed by atoms with E-state index in [0.717, 1.165) is 24.3 Å². The number of para-hydroxylation sites is 1. The molecule has 242 valence electrons. The van der Waals surface area contributed by atoms with Crippen molar-refractivity contribution in [3.05, 3.63) is 113 Å². The summed E-state index contributed by atoms with van der Waals surface area (Å²) in [6.07, 6.45) is -4.71. The van der Waals surface area contributed by atoms with Gasteiger partial charge in [-0.2, -0.15) is 18.3 Å². The average molecular weight is 678 g/mol. The molecule has 1 aliphatic heterocycles. The zero-order valence-corrected chi connectivity index (χ0v) is 26.0. The van der Waals surface area contributed by atoms with Crippen molar-refractivity contribution in [2.24, 2.45) is 0 Å². The molecular formula is C31H28ClF4N5O4S. The minimum absolute atomic E-state index is 0.0810. The van der Waals surface area contributed by atoms with Crippen molar-refractivity contribution < 1.29 is 35.6 Å². The number of likely N-dealkylation sites (N-methyl/N-ethyl adjacent to an activating group) is 1. The quantitative estimate of drug-likeness (QED) is 0.179. The van der Waals surface area contributed by atoms with Gasteiger partial charge in [-0.05, 0) is 61.9 Å². The van der Waals surface area contributed by atoms with Crippen molar-refractivity contribution >= 4 is 39.3 Å². The fraction of sp³-hybridized carbons (Fsp3) is 0.258. The fourth-order valence-corrected chi connectivity index (χ4v) is 6.45. The van der Waals surface area contributed by atoms with Gasteiger partial charge in [0.1, 0.15) is 22.9 Å². The first-order valence-electron chi connectivity index (χ1n) is 14.0. The van der Waals surface area contributed by atoms with Crippen molar-refractivity contribution in [3.8, 4) is 5.69 Å². The van der Waals surface area contributed by atoms with Crippen LogP contribution in [0.2, 0.25) is 0 Å². The highest BCUT2D eigenvalue weighted by Crippen LogP contribution is 2.45. The summed E-state index contributed by atoms with van der Waals surface area (Å²) in [6.45, 7) is 3.30. The lowest BCUT2D eigenvalue weighted by atomic mass is 9.80. The first kappa shape index (κ1) is 33.1. The van der Waals surface area contributed by atoms with Crippen LogP contribution in [0.5, 0.6) is 0 Å². The van der Waals surface area contributed by atoms with Crippen LogP contribution in [-0.2, 0) is 21.0 Å². The standard InChI is InChI=1S/C31H28ClF4N5O4S/c1-3-40-29-25(26(18(2)39-46(44,45)17-32)38-41(29)23-10-5-4-6-11-23)24(19-12-14-22(33)15-13-19)27(30(40)43)37-28(42)20-8-7-9-21(16-20)31(34,35)36/h4-16,18,24,27,39H,3,17H2,1-2H3,(H,37,42)/t18-,24-,27-/m0/s1. The molecule has 3 aromatic carbocycles. The van der Waals surface area contributed by atoms with Crippen LogP contribution >= 0.6 is 11.6 Å². The first-order valence-corrected chi connectivity index (χ1v) is 16.2. The highest BCUT2D eigenvalue weighted by atomic mass is 35.5. The molecule has 46 heavy (non-hydrogen) atoms. The number of rotatable bonds is 9. The molecule has 0 radical (unpaired) electrons. The van der Waals surface area contributed by atoms with Gasteiger partial charge in [0.05, 0.1) is 23.0 Å². The summed E-state index contributed by atoms with van der Waals surface area (Å²) in [5, 5.41) is 6.64. The predicted molar refractivity (Wildman–Crippen MR) is 164 cm³/mol. The van der Waals surface area contributed by atoms with E-state index in [-0.39, 0.29) is 23.6 Å². The van der Waals surface area contributed by atoms with E-state index < -0.39 is 62.6 Å². The van der Waals surface area contributed by atoms with Gasteiger partial charge in [-0.1, -0.05) is 36.4 Å². The van der Waals surface area contributed by atoms with Gasteiger partial charge in [0, 0.05) is 23.6 Å². The molecule has 0 saturated heterocycles. The number of sulfonamides is 1. The molecule has 5 rings (SSSR count). The van der Waals surface area contributed by atoms with Crippen LogP contribution in [0.25, 0.3) is 5.69 Å². The number of nitrogens with one attached hydrogen (secondary N) is 2. The minimum atomic E-state index is -4.71. The van der Waals surface area contributed by atoms with E-state index in [4.69, 9.17) is 16.7 Å². The van der Waals surface area contributed by atoms with E-state index in [1.165, 1.54) is 34.7 Å². The fourth-order valence-electron chi connectivity index (χ4n) is 5.54. The third-order valence-corrected chi connectivity index (χ3v) is 9.41. The lowest BCUT2D eigenvalue weighted by Crippen LogP contribution is -2.55. The van der Waals surface area contributed by atoms with E-state index in [9.17, 15) is 35.6 Å². The molecule has 0 unspecified atom stereocenters. The van der Waals surface area contributed by atoms with Crippen molar-refractivity contribution in [2.75, 3.05) is 16.7 Å².